The molecule has 0 unspecified atom stereocenters. The summed E-state index contributed by atoms with van der Waals surface area (Å²) in [5, 5.41) is 4.68. The van der Waals surface area contributed by atoms with Gasteiger partial charge in [-0.15, -0.1) is 0 Å². The molecule has 0 bridgehead atoms. The van der Waals surface area contributed by atoms with Gasteiger partial charge in [0.25, 0.3) is 0 Å². The molecule has 0 saturated carbocycles. The van der Waals surface area contributed by atoms with E-state index in [0.29, 0.717) is 38.2 Å². The summed E-state index contributed by atoms with van der Waals surface area (Å²) in [7, 11) is 0. The number of rotatable bonds is 6. The van der Waals surface area contributed by atoms with Crippen LogP contribution in [0.15, 0.2) is 66.9 Å². The Hall–Kier alpha value is -3.74. The summed E-state index contributed by atoms with van der Waals surface area (Å²) in [6.45, 7) is 3.19. The van der Waals surface area contributed by atoms with E-state index in [1.807, 2.05) is 36.5 Å². The quantitative estimate of drug-likeness (QED) is 0.413. The maximum atomic E-state index is 13.4. The summed E-state index contributed by atoms with van der Waals surface area (Å²) in [5.74, 6) is -0.765. The van der Waals surface area contributed by atoms with E-state index in [0.717, 1.165) is 16.8 Å². The van der Waals surface area contributed by atoms with Crippen molar-refractivity contribution in [2.45, 2.75) is 19.8 Å². The molecule has 1 aliphatic heterocycles. The molecule has 4 rings (SSSR count). The van der Waals surface area contributed by atoms with Gasteiger partial charge in [-0.05, 0) is 62.2 Å². The maximum absolute atomic E-state index is 13.4. The number of benzene rings is 2. The molecule has 1 fully saturated rings. The van der Waals surface area contributed by atoms with Crippen LogP contribution in [0, 0.1) is 11.7 Å². The van der Waals surface area contributed by atoms with Crippen LogP contribution < -0.4 is 0 Å². The van der Waals surface area contributed by atoms with Crippen LogP contribution in [-0.2, 0) is 14.3 Å². The Labute approximate surface area is 192 Å². The Morgan fingerprint density at radius 1 is 1.09 bits per heavy atom. The number of ether oxygens (including phenoxy) is 1. The number of amides is 1. The topological polar surface area (TPSA) is 64.4 Å². The smallest absolute Gasteiger partial charge is 0.309 e. The van der Waals surface area contributed by atoms with Crippen molar-refractivity contribution in [1.82, 2.24) is 14.7 Å². The van der Waals surface area contributed by atoms with Gasteiger partial charge in [-0.25, -0.2) is 9.07 Å². The van der Waals surface area contributed by atoms with E-state index in [1.165, 1.54) is 18.2 Å². The van der Waals surface area contributed by atoms with E-state index >= 15 is 0 Å². The van der Waals surface area contributed by atoms with Crippen molar-refractivity contribution in [2.24, 2.45) is 5.92 Å². The Morgan fingerprint density at radius 3 is 2.45 bits per heavy atom. The molecular formula is C26H26FN3O3. The van der Waals surface area contributed by atoms with Crippen LogP contribution in [0.25, 0.3) is 23.0 Å². The Balaban J connectivity index is 1.53. The van der Waals surface area contributed by atoms with Crippen LogP contribution in [0.3, 0.4) is 0 Å². The van der Waals surface area contributed by atoms with E-state index in [4.69, 9.17) is 4.74 Å². The number of hydrogen-bond acceptors (Lipinski definition) is 4. The lowest BCUT2D eigenvalue weighted by Gasteiger charge is -2.30. The number of nitrogens with zero attached hydrogens (tertiary/aromatic N) is 3. The molecule has 0 radical (unpaired) electrons. The Bertz CT molecular complexity index is 1130. The highest BCUT2D eigenvalue weighted by molar-refractivity contribution is 5.93. The fourth-order valence-electron chi connectivity index (χ4n) is 3.92. The zero-order chi connectivity index (χ0) is 23.2. The average Bonchev–Trinajstić information content (AvgIpc) is 3.28. The lowest BCUT2D eigenvalue weighted by atomic mass is 9.97. The van der Waals surface area contributed by atoms with E-state index in [-0.39, 0.29) is 23.6 Å². The van der Waals surface area contributed by atoms with Crippen LogP contribution in [0.5, 0.6) is 0 Å². The number of halogens is 1. The molecule has 1 aliphatic rings. The molecule has 0 spiro atoms. The number of esters is 1. The molecule has 7 heteroatoms. The van der Waals surface area contributed by atoms with Gasteiger partial charge < -0.3 is 9.64 Å². The summed E-state index contributed by atoms with van der Waals surface area (Å²) < 4.78 is 20.3. The third kappa shape index (κ3) is 5.37. The fraction of sp³-hybridized carbons (Fsp3) is 0.269. The Kier molecular flexibility index (Phi) is 6.98. The van der Waals surface area contributed by atoms with E-state index in [2.05, 4.69) is 5.10 Å². The van der Waals surface area contributed by atoms with Gasteiger partial charge in [0, 0.05) is 36.5 Å². The van der Waals surface area contributed by atoms with Gasteiger partial charge in [-0.2, -0.15) is 5.10 Å². The second-order valence-electron chi connectivity index (χ2n) is 7.91. The number of hydrogen-bond donors (Lipinski definition) is 0. The minimum atomic E-state index is -0.320. The molecule has 2 aromatic carbocycles. The number of likely N-dealkylation sites (tertiary alicyclic amines) is 1. The molecule has 3 aromatic rings. The molecule has 170 valence electrons. The number of carbonyl (C=O) groups is 2. The van der Waals surface area contributed by atoms with Gasteiger partial charge in [0.05, 0.1) is 23.9 Å². The lowest BCUT2D eigenvalue weighted by Crippen LogP contribution is -2.39. The summed E-state index contributed by atoms with van der Waals surface area (Å²) in [5.41, 5.74) is 3.05. The first kappa shape index (κ1) is 22.5. The number of para-hydroxylation sites is 1. The summed E-state index contributed by atoms with van der Waals surface area (Å²) in [6.07, 6.45) is 6.33. The summed E-state index contributed by atoms with van der Waals surface area (Å²) in [4.78, 5) is 26.5. The summed E-state index contributed by atoms with van der Waals surface area (Å²) in [6, 6.07) is 15.8. The van der Waals surface area contributed by atoms with E-state index in [1.54, 1.807) is 34.7 Å². The van der Waals surface area contributed by atoms with Crippen molar-refractivity contribution in [3.05, 3.63) is 78.3 Å². The zero-order valence-corrected chi connectivity index (χ0v) is 18.5. The minimum Gasteiger partial charge on any atom is -0.466 e. The van der Waals surface area contributed by atoms with Crippen LogP contribution >= 0.6 is 0 Å². The van der Waals surface area contributed by atoms with Gasteiger partial charge in [0.1, 0.15) is 5.82 Å². The molecular weight excluding hydrogens is 421 g/mol. The highest BCUT2D eigenvalue weighted by Crippen LogP contribution is 2.26. The van der Waals surface area contributed by atoms with Crippen LogP contribution in [-0.4, -0.2) is 46.3 Å². The van der Waals surface area contributed by atoms with Crippen molar-refractivity contribution in [3.8, 4) is 16.9 Å². The van der Waals surface area contributed by atoms with Crippen LogP contribution in [0.1, 0.15) is 25.3 Å². The monoisotopic (exact) mass is 447 g/mol. The van der Waals surface area contributed by atoms with Crippen LogP contribution in [0.4, 0.5) is 4.39 Å². The molecule has 0 N–H and O–H groups in total. The van der Waals surface area contributed by atoms with Gasteiger partial charge in [-0.1, -0.05) is 18.2 Å². The van der Waals surface area contributed by atoms with Gasteiger partial charge >= 0.3 is 5.97 Å². The molecule has 33 heavy (non-hydrogen) atoms. The van der Waals surface area contributed by atoms with Gasteiger partial charge in [-0.3, -0.25) is 9.59 Å². The maximum Gasteiger partial charge on any atom is 0.309 e. The van der Waals surface area contributed by atoms with E-state index < -0.39 is 0 Å². The van der Waals surface area contributed by atoms with Crippen LogP contribution in [0.2, 0.25) is 0 Å². The van der Waals surface area contributed by atoms with Crippen molar-refractivity contribution >= 4 is 18.0 Å². The van der Waals surface area contributed by atoms with Crippen molar-refractivity contribution in [1.29, 1.82) is 0 Å². The average molecular weight is 448 g/mol. The molecule has 6 nitrogen and oxygen atoms in total. The zero-order valence-electron chi connectivity index (χ0n) is 18.5. The fourth-order valence-corrected chi connectivity index (χ4v) is 3.92. The molecule has 0 atom stereocenters. The Morgan fingerprint density at radius 2 is 1.79 bits per heavy atom. The standard InChI is InChI=1S/C26H26FN3O3/c1-2-33-26(32)20-14-16-29(17-15-20)24(31)13-10-21-18-30(23-6-4-3-5-7-23)28-25(21)19-8-11-22(27)12-9-19/h3-13,18,20H,2,14-17H2,1H3/b13-10+. The first-order valence-corrected chi connectivity index (χ1v) is 11.1. The van der Waals surface area contributed by atoms with Gasteiger partial charge in [0.2, 0.25) is 5.91 Å². The predicted octanol–water partition coefficient (Wildman–Crippen LogP) is 4.49. The molecule has 1 aromatic heterocycles. The first-order valence-electron chi connectivity index (χ1n) is 11.1. The lowest BCUT2D eigenvalue weighted by molar-refractivity contribution is -0.150. The minimum absolute atomic E-state index is 0.116. The third-order valence-electron chi connectivity index (χ3n) is 5.71. The number of carbonyl (C=O) groups excluding carboxylic acids is 2. The van der Waals surface area contributed by atoms with Crippen molar-refractivity contribution in [3.63, 3.8) is 0 Å². The van der Waals surface area contributed by atoms with Crippen molar-refractivity contribution < 1.29 is 18.7 Å². The third-order valence-corrected chi connectivity index (χ3v) is 5.71. The largest absolute Gasteiger partial charge is 0.466 e. The number of aromatic nitrogens is 2. The molecule has 0 aliphatic carbocycles. The molecule has 1 saturated heterocycles. The SMILES string of the molecule is CCOC(=O)C1CCN(C(=O)/C=C/c2cn(-c3ccccc3)nc2-c2ccc(F)cc2)CC1. The second-order valence-corrected chi connectivity index (χ2v) is 7.91. The summed E-state index contributed by atoms with van der Waals surface area (Å²) >= 11 is 0. The molecule has 1 amide bonds. The second kappa shape index (κ2) is 10.3. The normalized spacial score (nSPS) is 14.5. The highest BCUT2D eigenvalue weighted by Gasteiger charge is 2.27. The van der Waals surface area contributed by atoms with E-state index in [9.17, 15) is 14.0 Å². The predicted molar refractivity (Wildman–Crippen MR) is 124 cm³/mol. The van der Waals surface area contributed by atoms with Crippen molar-refractivity contribution in [2.75, 3.05) is 19.7 Å². The number of piperidine rings is 1. The molecule has 2 heterocycles. The highest BCUT2D eigenvalue weighted by atomic mass is 19.1. The van der Waals surface area contributed by atoms with Gasteiger partial charge in [0.15, 0.2) is 0 Å². The first-order chi connectivity index (χ1) is 16.0.